The molecule has 7 nitrogen and oxygen atoms in total. The molecular formula is C19H20N4O3. The number of hydrogen-bond donors (Lipinski definition) is 2. The van der Waals surface area contributed by atoms with Gasteiger partial charge in [0.1, 0.15) is 24.1 Å². The van der Waals surface area contributed by atoms with Crippen LogP contribution in [0.3, 0.4) is 0 Å². The molecular weight excluding hydrogens is 332 g/mol. The summed E-state index contributed by atoms with van der Waals surface area (Å²) in [6.45, 7) is 3.71. The molecule has 1 atom stereocenters. The number of primary amides is 1. The molecule has 7 heteroatoms. The minimum Gasteiger partial charge on any atom is -0.486 e. The second-order valence-electron chi connectivity index (χ2n) is 6.04. The van der Waals surface area contributed by atoms with Crippen LogP contribution in [0.5, 0.6) is 5.75 Å². The van der Waals surface area contributed by atoms with Crippen LogP contribution in [-0.2, 0) is 11.4 Å². The third-order valence-corrected chi connectivity index (χ3v) is 4.03. The first-order valence-corrected chi connectivity index (χ1v) is 8.20. The first-order valence-electron chi connectivity index (χ1n) is 8.20. The first-order chi connectivity index (χ1) is 12.5. The summed E-state index contributed by atoms with van der Waals surface area (Å²) < 4.78 is 7.52. The predicted octanol–water partition coefficient (Wildman–Crippen LogP) is 1.83. The Labute approximate surface area is 150 Å². The van der Waals surface area contributed by atoms with Gasteiger partial charge in [-0.2, -0.15) is 0 Å². The van der Waals surface area contributed by atoms with E-state index in [1.807, 2.05) is 43.3 Å². The summed E-state index contributed by atoms with van der Waals surface area (Å²) in [5, 5.41) is 2.61. The fraction of sp³-hybridized carbons (Fsp3) is 0.211. The number of nitrogens with zero attached hydrogens (tertiary/aromatic N) is 2. The number of aryl methyl sites for hydroxylation is 1. The highest BCUT2D eigenvalue weighted by molar-refractivity contribution is 5.98. The zero-order chi connectivity index (χ0) is 18.7. The first kappa shape index (κ1) is 17.5. The molecule has 0 aliphatic carbocycles. The Balaban J connectivity index is 1.86. The van der Waals surface area contributed by atoms with Crippen LogP contribution in [0, 0.1) is 6.92 Å². The minimum absolute atomic E-state index is 0.326. The Morgan fingerprint density at radius 1 is 1.31 bits per heavy atom. The molecule has 3 aromatic rings. The molecule has 0 aromatic carbocycles. The van der Waals surface area contributed by atoms with Gasteiger partial charge in [0.15, 0.2) is 0 Å². The number of carbonyl (C=O) groups excluding carboxylic acids is 2. The van der Waals surface area contributed by atoms with Crippen LogP contribution >= 0.6 is 0 Å². The van der Waals surface area contributed by atoms with Crippen LogP contribution < -0.4 is 15.8 Å². The van der Waals surface area contributed by atoms with Crippen LogP contribution in [0.1, 0.15) is 28.7 Å². The van der Waals surface area contributed by atoms with E-state index in [1.54, 1.807) is 23.7 Å². The number of aromatic nitrogens is 2. The number of ether oxygens (including phenoxy) is 1. The van der Waals surface area contributed by atoms with Crippen molar-refractivity contribution in [2.75, 3.05) is 0 Å². The largest absolute Gasteiger partial charge is 0.486 e. The maximum atomic E-state index is 12.6. The molecule has 26 heavy (non-hydrogen) atoms. The van der Waals surface area contributed by atoms with Crippen LogP contribution in [0.15, 0.2) is 48.8 Å². The number of hydrogen-bond acceptors (Lipinski definition) is 4. The van der Waals surface area contributed by atoms with Gasteiger partial charge in [-0.15, -0.1) is 0 Å². The van der Waals surface area contributed by atoms with Crippen molar-refractivity contribution in [2.24, 2.45) is 5.73 Å². The lowest BCUT2D eigenvalue weighted by atomic mass is 10.2. The Morgan fingerprint density at radius 3 is 2.81 bits per heavy atom. The maximum Gasteiger partial charge on any atom is 0.269 e. The van der Waals surface area contributed by atoms with Gasteiger partial charge in [0.05, 0.1) is 11.9 Å². The van der Waals surface area contributed by atoms with Crippen molar-refractivity contribution in [3.8, 4) is 5.75 Å². The number of amides is 2. The molecule has 3 heterocycles. The van der Waals surface area contributed by atoms with Crippen molar-refractivity contribution in [1.29, 1.82) is 0 Å². The van der Waals surface area contributed by atoms with Gasteiger partial charge >= 0.3 is 0 Å². The van der Waals surface area contributed by atoms with Crippen LogP contribution in [0.4, 0.5) is 0 Å². The molecule has 3 rings (SSSR count). The third-order valence-electron chi connectivity index (χ3n) is 4.03. The standard InChI is InChI=1S/C19H20N4O3/c1-12-9-15-6-7-16(26-11-14-5-3-4-8-21-14)10-23(15)17(12)19(25)22-13(2)18(20)24/h3-10,13H,11H2,1-2H3,(H2,20,24)(H,22,25). The van der Waals surface area contributed by atoms with Crippen molar-refractivity contribution in [3.63, 3.8) is 0 Å². The number of pyridine rings is 2. The topological polar surface area (TPSA) is 98.7 Å². The molecule has 0 saturated carbocycles. The summed E-state index contributed by atoms with van der Waals surface area (Å²) in [5.41, 5.74) is 8.12. The van der Waals surface area contributed by atoms with Gasteiger partial charge in [0.2, 0.25) is 5.91 Å². The van der Waals surface area contributed by atoms with Gasteiger partial charge in [-0.3, -0.25) is 14.6 Å². The Bertz CT molecular complexity index is 950. The fourth-order valence-corrected chi connectivity index (χ4v) is 2.63. The fourth-order valence-electron chi connectivity index (χ4n) is 2.63. The van der Waals surface area contributed by atoms with E-state index >= 15 is 0 Å². The number of carbonyl (C=O) groups is 2. The molecule has 3 aromatic heterocycles. The van der Waals surface area contributed by atoms with Crippen molar-refractivity contribution in [3.05, 3.63) is 65.7 Å². The Hall–Kier alpha value is -3.35. The molecule has 0 aliphatic rings. The van der Waals surface area contributed by atoms with E-state index in [-0.39, 0.29) is 5.91 Å². The van der Waals surface area contributed by atoms with E-state index in [4.69, 9.17) is 10.5 Å². The summed E-state index contributed by atoms with van der Waals surface area (Å²) >= 11 is 0. The van der Waals surface area contributed by atoms with Crippen molar-refractivity contribution in [2.45, 2.75) is 26.5 Å². The molecule has 134 valence electrons. The molecule has 0 aliphatic heterocycles. The second-order valence-corrected chi connectivity index (χ2v) is 6.04. The van der Waals surface area contributed by atoms with E-state index in [0.717, 1.165) is 16.8 Å². The number of rotatable bonds is 6. The van der Waals surface area contributed by atoms with Crippen LogP contribution in [0.25, 0.3) is 5.52 Å². The van der Waals surface area contributed by atoms with E-state index in [9.17, 15) is 9.59 Å². The molecule has 3 N–H and O–H groups in total. The van der Waals surface area contributed by atoms with E-state index in [2.05, 4.69) is 10.3 Å². The summed E-state index contributed by atoms with van der Waals surface area (Å²) in [4.78, 5) is 28.0. The highest BCUT2D eigenvalue weighted by Crippen LogP contribution is 2.21. The highest BCUT2D eigenvalue weighted by atomic mass is 16.5. The molecule has 0 radical (unpaired) electrons. The molecule has 0 bridgehead atoms. The van der Waals surface area contributed by atoms with Gasteiger partial charge in [-0.1, -0.05) is 6.07 Å². The number of fused-ring (bicyclic) bond motifs is 1. The summed E-state index contributed by atoms with van der Waals surface area (Å²) in [6, 6.07) is 10.5. The molecule has 0 saturated heterocycles. The minimum atomic E-state index is -0.754. The maximum absolute atomic E-state index is 12.6. The molecule has 0 fully saturated rings. The van der Waals surface area contributed by atoms with Crippen LogP contribution in [-0.4, -0.2) is 27.2 Å². The average Bonchev–Trinajstić information content (AvgIpc) is 2.95. The van der Waals surface area contributed by atoms with Gasteiger partial charge in [0, 0.05) is 11.7 Å². The number of nitrogens with one attached hydrogen (secondary N) is 1. The molecule has 1 unspecified atom stereocenters. The summed E-state index contributed by atoms with van der Waals surface area (Å²) in [5.74, 6) is -0.345. The summed E-state index contributed by atoms with van der Waals surface area (Å²) in [6.07, 6.45) is 3.45. The Morgan fingerprint density at radius 2 is 2.12 bits per heavy atom. The van der Waals surface area contributed by atoms with E-state index < -0.39 is 11.9 Å². The quantitative estimate of drug-likeness (QED) is 0.707. The highest BCUT2D eigenvalue weighted by Gasteiger charge is 2.19. The van der Waals surface area contributed by atoms with E-state index in [0.29, 0.717) is 18.1 Å². The summed E-state index contributed by atoms with van der Waals surface area (Å²) in [7, 11) is 0. The van der Waals surface area contributed by atoms with Gasteiger partial charge in [-0.25, -0.2) is 0 Å². The van der Waals surface area contributed by atoms with Crippen LogP contribution in [0.2, 0.25) is 0 Å². The zero-order valence-electron chi connectivity index (χ0n) is 14.6. The molecule has 0 spiro atoms. The predicted molar refractivity (Wildman–Crippen MR) is 96.8 cm³/mol. The SMILES string of the molecule is Cc1cc2ccc(OCc3ccccn3)cn2c1C(=O)NC(C)C(N)=O. The Kier molecular flexibility index (Phi) is 4.88. The lowest BCUT2D eigenvalue weighted by Gasteiger charge is -2.12. The second kappa shape index (κ2) is 7.26. The van der Waals surface area contributed by atoms with Gasteiger partial charge in [0.25, 0.3) is 5.91 Å². The monoisotopic (exact) mass is 352 g/mol. The van der Waals surface area contributed by atoms with Gasteiger partial charge < -0.3 is 20.2 Å². The lowest BCUT2D eigenvalue weighted by molar-refractivity contribution is -0.119. The van der Waals surface area contributed by atoms with Crippen molar-refractivity contribution < 1.29 is 14.3 Å². The van der Waals surface area contributed by atoms with Crippen molar-refractivity contribution >= 4 is 17.3 Å². The zero-order valence-corrected chi connectivity index (χ0v) is 14.6. The van der Waals surface area contributed by atoms with E-state index in [1.165, 1.54) is 0 Å². The molecule has 2 amide bonds. The smallest absolute Gasteiger partial charge is 0.269 e. The number of nitrogens with two attached hydrogens (primary N) is 1. The lowest BCUT2D eigenvalue weighted by Crippen LogP contribution is -2.42. The third kappa shape index (κ3) is 3.66. The normalized spacial score (nSPS) is 11.9. The van der Waals surface area contributed by atoms with Crippen molar-refractivity contribution in [1.82, 2.24) is 14.7 Å². The van der Waals surface area contributed by atoms with Gasteiger partial charge in [-0.05, 0) is 49.7 Å². The average molecular weight is 352 g/mol.